The third kappa shape index (κ3) is 1.79. The second-order valence-electron chi connectivity index (χ2n) is 8.91. The Balaban J connectivity index is 1.68. The Kier molecular flexibility index (Phi) is 3.35. The zero-order chi connectivity index (χ0) is 20.8. The van der Waals surface area contributed by atoms with E-state index in [1.165, 1.54) is 4.90 Å². The number of benzene rings is 3. The molecule has 2 bridgehead atoms. The zero-order valence-electron chi connectivity index (χ0n) is 16.7. The number of carbonyl (C=O) groups excluding carboxylic acids is 2. The van der Waals surface area contributed by atoms with Gasteiger partial charge in [0, 0.05) is 10.8 Å². The van der Waals surface area contributed by atoms with Gasteiger partial charge >= 0.3 is 0 Å². The molecule has 0 saturated carbocycles. The molecule has 0 radical (unpaired) electrons. The molecule has 0 N–H and O–H groups in total. The van der Waals surface area contributed by atoms with Gasteiger partial charge in [-0.25, -0.2) is 4.90 Å². The number of hydrogen-bond donors (Lipinski definition) is 0. The number of halogens is 1. The summed E-state index contributed by atoms with van der Waals surface area (Å²) in [6.45, 7) is 4.25. The van der Waals surface area contributed by atoms with Crippen LogP contribution in [0.2, 0.25) is 5.02 Å². The maximum atomic E-state index is 13.9. The summed E-state index contributed by atoms with van der Waals surface area (Å²) in [7, 11) is 0. The van der Waals surface area contributed by atoms with Gasteiger partial charge in [-0.15, -0.1) is 0 Å². The fourth-order valence-electron chi connectivity index (χ4n) is 6.44. The van der Waals surface area contributed by atoms with E-state index in [0.717, 1.165) is 22.3 Å². The van der Waals surface area contributed by atoms with E-state index in [1.807, 2.05) is 36.4 Å². The Morgan fingerprint density at radius 1 is 0.667 bits per heavy atom. The Bertz CT molecular complexity index is 1140. The molecule has 2 atom stereocenters. The average molecular weight is 414 g/mol. The minimum Gasteiger partial charge on any atom is -0.274 e. The number of anilines is 1. The van der Waals surface area contributed by atoms with Crippen molar-refractivity contribution in [3.05, 3.63) is 100 Å². The predicted octanol–water partition coefficient (Wildman–Crippen LogP) is 5.08. The van der Waals surface area contributed by atoms with Crippen molar-refractivity contribution in [2.45, 2.75) is 24.7 Å². The van der Waals surface area contributed by atoms with E-state index in [4.69, 9.17) is 11.6 Å². The van der Waals surface area contributed by atoms with Crippen molar-refractivity contribution in [2.75, 3.05) is 4.90 Å². The SMILES string of the molecule is CC12c3ccccc3C(C)(c3ccccc31)C1C(=O)N(c3ccccc3Cl)C(=O)C12. The van der Waals surface area contributed by atoms with Gasteiger partial charge in [-0.2, -0.15) is 0 Å². The van der Waals surface area contributed by atoms with E-state index in [-0.39, 0.29) is 11.8 Å². The minimum atomic E-state index is -0.571. The second kappa shape index (κ2) is 5.61. The first kappa shape index (κ1) is 17.9. The van der Waals surface area contributed by atoms with Crippen LogP contribution in [0.25, 0.3) is 0 Å². The molecule has 148 valence electrons. The summed E-state index contributed by atoms with van der Waals surface area (Å²) in [5.41, 5.74) is 3.92. The van der Waals surface area contributed by atoms with E-state index in [0.29, 0.717) is 10.7 Å². The molecule has 4 heteroatoms. The lowest BCUT2D eigenvalue weighted by Crippen LogP contribution is -2.59. The highest BCUT2D eigenvalue weighted by atomic mass is 35.5. The van der Waals surface area contributed by atoms with Crippen LogP contribution < -0.4 is 4.90 Å². The quantitative estimate of drug-likeness (QED) is 0.521. The summed E-state index contributed by atoms with van der Waals surface area (Å²) in [5, 5.41) is 0.413. The standard InChI is InChI=1S/C26H20ClNO2/c1-25-15-9-3-5-11-17(15)26(2,18-12-6-4-10-16(18)25)22-21(25)23(29)28(24(22)30)20-14-8-7-13-19(20)27/h3-14,21-22H,1-2H3. The topological polar surface area (TPSA) is 37.4 Å². The number of para-hydroxylation sites is 1. The van der Waals surface area contributed by atoms with Gasteiger partial charge in [-0.1, -0.05) is 86.1 Å². The van der Waals surface area contributed by atoms with Crippen LogP contribution in [0.15, 0.2) is 72.8 Å². The van der Waals surface area contributed by atoms with Crippen molar-refractivity contribution < 1.29 is 9.59 Å². The van der Waals surface area contributed by atoms with E-state index in [9.17, 15) is 9.59 Å². The van der Waals surface area contributed by atoms with Gasteiger partial charge in [0.15, 0.2) is 0 Å². The number of hydrogen-bond acceptors (Lipinski definition) is 2. The largest absolute Gasteiger partial charge is 0.274 e. The predicted molar refractivity (Wildman–Crippen MR) is 117 cm³/mol. The van der Waals surface area contributed by atoms with E-state index in [2.05, 4.69) is 38.1 Å². The Morgan fingerprint density at radius 3 is 1.43 bits per heavy atom. The highest BCUT2D eigenvalue weighted by molar-refractivity contribution is 6.36. The second-order valence-corrected chi connectivity index (χ2v) is 9.32. The van der Waals surface area contributed by atoms with Crippen molar-refractivity contribution in [2.24, 2.45) is 11.8 Å². The average Bonchev–Trinajstić information content (AvgIpc) is 3.04. The molecule has 0 aromatic heterocycles. The summed E-state index contributed by atoms with van der Waals surface area (Å²) < 4.78 is 0. The molecule has 1 saturated heterocycles. The van der Waals surface area contributed by atoms with Crippen molar-refractivity contribution in [1.82, 2.24) is 0 Å². The summed E-state index contributed by atoms with van der Waals surface area (Å²) in [5.74, 6) is -1.24. The number of rotatable bonds is 1. The molecule has 1 aliphatic heterocycles. The van der Waals surface area contributed by atoms with Crippen LogP contribution in [-0.4, -0.2) is 11.8 Å². The van der Waals surface area contributed by atoms with Gasteiger partial charge < -0.3 is 0 Å². The zero-order valence-corrected chi connectivity index (χ0v) is 17.5. The molecule has 1 heterocycles. The molecule has 7 rings (SSSR count). The lowest BCUT2D eigenvalue weighted by Gasteiger charge is -2.57. The molecular formula is C26H20ClNO2. The van der Waals surface area contributed by atoms with Crippen molar-refractivity contribution in [3.63, 3.8) is 0 Å². The lowest BCUT2D eigenvalue weighted by atomic mass is 9.42. The molecule has 3 aromatic carbocycles. The fourth-order valence-corrected chi connectivity index (χ4v) is 6.66. The van der Waals surface area contributed by atoms with Crippen LogP contribution in [-0.2, 0) is 20.4 Å². The van der Waals surface area contributed by atoms with Gasteiger partial charge in [-0.05, 0) is 34.4 Å². The van der Waals surface area contributed by atoms with E-state index < -0.39 is 22.7 Å². The maximum absolute atomic E-state index is 13.9. The monoisotopic (exact) mass is 413 g/mol. The summed E-state index contributed by atoms with van der Waals surface area (Å²) in [6.07, 6.45) is 0. The van der Waals surface area contributed by atoms with Gasteiger partial charge in [0.25, 0.3) is 0 Å². The molecule has 4 aliphatic rings. The molecule has 2 unspecified atom stereocenters. The first-order valence-electron chi connectivity index (χ1n) is 10.2. The highest BCUT2D eigenvalue weighted by Crippen LogP contribution is 2.66. The van der Waals surface area contributed by atoms with Crippen molar-refractivity contribution >= 4 is 29.1 Å². The number of amides is 2. The molecule has 30 heavy (non-hydrogen) atoms. The van der Waals surface area contributed by atoms with Crippen LogP contribution in [0, 0.1) is 11.8 Å². The van der Waals surface area contributed by atoms with Gasteiger partial charge in [-0.3, -0.25) is 9.59 Å². The summed E-state index contributed by atoms with van der Waals surface area (Å²) in [6, 6.07) is 23.7. The third-order valence-electron chi connectivity index (χ3n) is 7.74. The molecule has 3 aliphatic carbocycles. The Hall–Kier alpha value is -2.91. The van der Waals surface area contributed by atoms with Crippen molar-refractivity contribution in [1.29, 1.82) is 0 Å². The molecule has 3 aromatic rings. The van der Waals surface area contributed by atoms with Crippen LogP contribution in [0.1, 0.15) is 36.1 Å². The summed E-state index contributed by atoms with van der Waals surface area (Å²) >= 11 is 6.42. The number of nitrogens with zero attached hydrogens (tertiary/aromatic N) is 1. The van der Waals surface area contributed by atoms with Crippen LogP contribution >= 0.6 is 11.6 Å². The van der Waals surface area contributed by atoms with Gasteiger partial charge in [0.2, 0.25) is 11.8 Å². The number of imide groups is 1. The minimum absolute atomic E-state index is 0.157. The first-order valence-corrected chi connectivity index (χ1v) is 10.6. The normalized spacial score (nSPS) is 30.8. The molecular weight excluding hydrogens is 394 g/mol. The van der Waals surface area contributed by atoms with E-state index in [1.54, 1.807) is 12.1 Å². The highest BCUT2D eigenvalue weighted by Gasteiger charge is 2.70. The molecule has 3 nitrogen and oxygen atoms in total. The lowest BCUT2D eigenvalue weighted by molar-refractivity contribution is -0.124. The third-order valence-corrected chi connectivity index (χ3v) is 8.06. The molecule has 2 amide bonds. The van der Waals surface area contributed by atoms with Crippen molar-refractivity contribution in [3.8, 4) is 0 Å². The van der Waals surface area contributed by atoms with Crippen LogP contribution in [0.4, 0.5) is 5.69 Å². The smallest absolute Gasteiger partial charge is 0.239 e. The van der Waals surface area contributed by atoms with E-state index >= 15 is 0 Å². The van der Waals surface area contributed by atoms with Gasteiger partial charge in [0.1, 0.15) is 0 Å². The number of carbonyl (C=O) groups is 2. The Labute approximate surface area is 180 Å². The molecule has 0 spiro atoms. The first-order chi connectivity index (χ1) is 14.4. The Morgan fingerprint density at radius 2 is 1.03 bits per heavy atom. The maximum Gasteiger partial charge on any atom is 0.239 e. The van der Waals surface area contributed by atoms with Crippen LogP contribution in [0.3, 0.4) is 0 Å². The van der Waals surface area contributed by atoms with Crippen LogP contribution in [0.5, 0.6) is 0 Å². The molecule has 1 fully saturated rings. The fraction of sp³-hybridized carbons (Fsp3) is 0.231. The van der Waals surface area contributed by atoms with Gasteiger partial charge in [0.05, 0.1) is 22.5 Å². The summed E-state index contributed by atoms with van der Waals surface area (Å²) in [4.78, 5) is 29.2.